The number of para-hydroxylation sites is 2. The van der Waals surface area contributed by atoms with E-state index in [2.05, 4.69) is 5.32 Å². The van der Waals surface area contributed by atoms with Gasteiger partial charge in [0.1, 0.15) is 5.75 Å². The highest BCUT2D eigenvalue weighted by Gasteiger charge is 2.05. The molecule has 1 N–H and O–H groups in total. The lowest BCUT2D eigenvalue weighted by molar-refractivity contribution is 0.243. The summed E-state index contributed by atoms with van der Waals surface area (Å²) >= 11 is 12.0. The SMILES string of the molecule is CC(C)Oc1ccccc1NCc1cc(Cl)cc(Cl)c1. The van der Waals surface area contributed by atoms with E-state index in [-0.39, 0.29) is 6.10 Å². The van der Waals surface area contributed by atoms with Gasteiger partial charge < -0.3 is 10.1 Å². The van der Waals surface area contributed by atoms with Gasteiger partial charge in [-0.05, 0) is 49.7 Å². The van der Waals surface area contributed by atoms with E-state index in [9.17, 15) is 0 Å². The zero-order valence-electron chi connectivity index (χ0n) is 11.5. The van der Waals surface area contributed by atoms with Crippen molar-refractivity contribution in [3.05, 3.63) is 58.1 Å². The minimum absolute atomic E-state index is 0.138. The first-order valence-electron chi connectivity index (χ1n) is 6.49. The maximum absolute atomic E-state index is 6.00. The predicted molar refractivity (Wildman–Crippen MR) is 86.0 cm³/mol. The van der Waals surface area contributed by atoms with Gasteiger partial charge in [-0.1, -0.05) is 35.3 Å². The molecule has 2 aromatic rings. The van der Waals surface area contributed by atoms with Crippen molar-refractivity contribution in [2.24, 2.45) is 0 Å². The molecule has 2 rings (SSSR count). The van der Waals surface area contributed by atoms with Crippen LogP contribution >= 0.6 is 23.2 Å². The first-order chi connectivity index (χ1) is 9.54. The van der Waals surface area contributed by atoms with Crippen molar-refractivity contribution in [2.45, 2.75) is 26.5 Å². The molecule has 0 bridgehead atoms. The monoisotopic (exact) mass is 309 g/mol. The van der Waals surface area contributed by atoms with E-state index >= 15 is 0 Å². The molecule has 0 aliphatic carbocycles. The summed E-state index contributed by atoms with van der Waals surface area (Å²) in [5, 5.41) is 4.63. The van der Waals surface area contributed by atoms with Gasteiger partial charge in [0.05, 0.1) is 11.8 Å². The van der Waals surface area contributed by atoms with Crippen molar-refractivity contribution in [2.75, 3.05) is 5.32 Å². The normalized spacial score (nSPS) is 10.7. The average molecular weight is 310 g/mol. The molecule has 0 aliphatic rings. The smallest absolute Gasteiger partial charge is 0.142 e. The lowest BCUT2D eigenvalue weighted by atomic mass is 10.2. The molecule has 0 atom stereocenters. The molecule has 20 heavy (non-hydrogen) atoms. The van der Waals surface area contributed by atoms with Gasteiger partial charge >= 0.3 is 0 Å². The van der Waals surface area contributed by atoms with E-state index in [1.807, 2.05) is 50.2 Å². The Kier molecular flexibility index (Phi) is 5.16. The van der Waals surface area contributed by atoms with Crippen LogP contribution in [0.25, 0.3) is 0 Å². The molecule has 4 heteroatoms. The van der Waals surface area contributed by atoms with Gasteiger partial charge in [0, 0.05) is 16.6 Å². The number of ether oxygens (including phenoxy) is 1. The van der Waals surface area contributed by atoms with Gasteiger partial charge in [-0.15, -0.1) is 0 Å². The first-order valence-corrected chi connectivity index (χ1v) is 7.24. The fourth-order valence-electron chi connectivity index (χ4n) is 1.88. The second-order valence-electron chi connectivity index (χ2n) is 4.79. The van der Waals surface area contributed by atoms with E-state index in [1.54, 1.807) is 6.07 Å². The Balaban J connectivity index is 2.10. The number of rotatable bonds is 5. The van der Waals surface area contributed by atoms with E-state index < -0.39 is 0 Å². The summed E-state index contributed by atoms with van der Waals surface area (Å²) in [6.07, 6.45) is 0.138. The molecule has 0 amide bonds. The molecule has 0 aromatic heterocycles. The second-order valence-corrected chi connectivity index (χ2v) is 5.67. The Morgan fingerprint density at radius 2 is 1.70 bits per heavy atom. The maximum atomic E-state index is 6.00. The second kappa shape index (κ2) is 6.87. The molecule has 0 saturated carbocycles. The Bertz CT molecular complexity index is 564. The predicted octanol–water partition coefficient (Wildman–Crippen LogP) is 5.39. The quantitative estimate of drug-likeness (QED) is 0.799. The summed E-state index contributed by atoms with van der Waals surface area (Å²) in [6, 6.07) is 13.4. The molecule has 0 radical (unpaired) electrons. The van der Waals surface area contributed by atoms with Crippen LogP contribution in [-0.4, -0.2) is 6.10 Å². The zero-order chi connectivity index (χ0) is 14.5. The van der Waals surface area contributed by atoms with Gasteiger partial charge in [-0.25, -0.2) is 0 Å². The molecule has 106 valence electrons. The van der Waals surface area contributed by atoms with Gasteiger partial charge in [0.25, 0.3) is 0 Å². The van der Waals surface area contributed by atoms with Crippen molar-refractivity contribution < 1.29 is 4.74 Å². The Hall–Kier alpha value is -1.38. The van der Waals surface area contributed by atoms with Crippen LogP contribution in [0.3, 0.4) is 0 Å². The van der Waals surface area contributed by atoms with Crippen LogP contribution < -0.4 is 10.1 Å². The number of benzene rings is 2. The Labute approximate surface area is 129 Å². The third kappa shape index (κ3) is 4.32. The van der Waals surface area contributed by atoms with Crippen molar-refractivity contribution in [3.63, 3.8) is 0 Å². The fraction of sp³-hybridized carbons (Fsp3) is 0.250. The summed E-state index contributed by atoms with van der Waals surface area (Å²) < 4.78 is 5.77. The molecule has 0 spiro atoms. The zero-order valence-corrected chi connectivity index (χ0v) is 13.0. The largest absolute Gasteiger partial charge is 0.489 e. The van der Waals surface area contributed by atoms with Crippen LogP contribution in [0.4, 0.5) is 5.69 Å². The molecule has 0 saturated heterocycles. The van der Waals surface area contributed by atoms with Gasteiger partial charge in [-0.2, -0.15) is 0 Å². The molecule has 0 fully saturated rings. The van der Waals surface area contributed by atoms with Gasteiger partial charge in [0.15, 0.2) is 0 Å². The number of hydrogen-bond donors (Lipinski definition) is 1. The molecule has 0 heterocycles. The van der Waals surface area contributed by atoms with Crippen molar-refractivity contribution in [1.29, 1.82) is 0 Å². The van der Waals surface area contributed by atoms with Crippen LogP contribution in [0.15, 0.2) is 42.5 Å². The lowest BCUT2D eigenvalue weighted by Crippen LogP contribution is -2.08. The van der Waals surface area contributed by atoms with Crippen LogP contribution in [0.1, 0.15) is 19.4 Å². The van der Waals surface area contributed by atoms with Crippen molar-refractivity contribution in [1.82, 2.24) is 0 Å². The fourth-order valence-corrected chi connectivity index (χ4v) is 2.45. The number of nitrogens with one attached hydrogen (secondary N) is 1. The van der Waals surface area contributed by atoms with Crippen LogP contribution in [0.5, 0.6) is 5.75 Å². The van der Waals surface area contributed by atoms with E-state index in [0.29, 0.717) is 16.6 Å². The number of halogens is 2. The highest BCUT2D eigenvalue weighted by Crippen LogP contribution is 2.26. The molecule has 0 unspecified atom stereocenters. The molecule has 2 aromatic carbocycles. The van der Waals surface area contributed by atoms with Crippen LogP contribution in [0, 0.1) is 0 Å². The van der Waals surface area contributed by atoms with Crippen LogP contribution in [0.2, 0.25) is 10.0 Å². The molecular formula is C16H17Cl2NO. The highest BCUT2D eigenvalue weighted by molar-refractivity contribution is 6.34. The van der Waals surface area contributed by atoms with Gasteiger partial charge in [0.2, 0.25) is 0 Å². The molecule has 2 nitrogen and oxygen atoms in total. The Morgan fingerprint density at radius 3 is 2.35 bits per heavy atom. The minimum atomic E-state index is 0.138. The maximum Gasteiger partial charge on any atom is 0.142 e. The van der Waals surface area contributed by atoms with Crippen molar-refractivity contribution >= 4 is 28.9 Å². The third-order valence-electron chi connectivity index (χ3n) is 2.66. The van der Waals surface area contributed by atoms with E-state index in [0.717, 1.165) is 17.0 Å². The third-order valence-corrected chi connectivity index (χ3v) is 3.09. The molecule has 0 aliphatic heterocycles. The summed E-state index contributed by atoms with van der Waals surface area (Å²) in [5.74, 6) is 0.843. The Morgan fingerprint density at radius 1 is 1.05 bits per heavy atom. The van der Waals surface area contributed by atoms with E-state index in [1.165, 1.54) is 0 Å². The number of hydrogen-bond acceptors (Lipinski definition) is 2. The summed E-state index contributed by atoms with van der Waals surface area (Å²) in [5.41, 5.74) is 1.99. The summed E-state index contributed by atoms with van der Waals surface area (Å²) in [7, 11) is 0. The van der Waals surface area contributed by atoms with Crippen molar-refractivity contribution in [3.8, 4) is 5.75 Å². The molecular weight excluding hydrogens is 293 g/mol. The first kappa shape index (κ1) is 15.0. The van der Waals surface area contributed by atoms with E-state index in [4.69, 9.17) is 27.9 Å². The summed E-state index contributed by atoms with van der Waals surface area (Å²) in [6.45, 7) is 4.65. The average Bonchev–Trinajstić information content (AvgIpc) is 2.36. The lowest BCUT2D eigenvalue weighted by Gasteiger charge is -2.15. The summed E-state index contributed by atoms with van der Waals surface area (Å²) in [4.78, 5) is 0. The highest BCUT2D eigenvalue weighted by atomic mass is 35.5. The number of anilines is 1. The van der Waals surface area contributed by atoms with Gasteiger partial charge in [-0.3, -0.25) is 0 Å². The van der Waals surface area contributed by atoms with Crippen LogP contribution in [-0.2, 0) is 6.54 Å². The minimum Gasteiger partial charge on any atom is -0.489 e. The standard InChI is InChI=1S/C16H17Cl2NO/c1-11(2)20-16-6-4-3-5-15(16)19-10-12-7-13(17)9-14(18)8-12/h3-9,11,19H,10H2,1-2H3. The topological polar surface area (TPSA) is 21.3 Å².